The van der Waals surface area contributed by atoms with E-state index in [2.05, 4.69) is 9.97 Å². The second-order valence-electron chi connectivity index (χ2n) is 5.82. The van der Waals surface area contributed by atoms with Crippen molar-refractivity contribution >= 4 is 23.2 Å². The summed E-state index contributed by atoms with van der Waals surface area (Å²) in [6, 6.07) is 0. The molecule has 0 aromatic carbocycles. The standard InChI is InChI=1S/C16H20N4O3S/c1-11-15(17-10-23-11)16(22)20-5-3-4-19(6-7-20)14(21)8-13-9-24-12(2)18-13/h9-10H,3-8H2,1-2H3. The van der Waals surface area contributed by atoms with Gasteiger partial charge in [0.1, 0.15) is 5.76 Å². The summed E-state index contributed by atoms with van der Waals surface area (Å²) in [4.78, 5) is 36.8. The molecule has 1 saturated heterocycles. The minimum absolute atomic E-state index is 0.0622. The average molecular weight is 348 g/mol. The van der Waals surface area contributed by atoms with Crippen LogP contribution in [0, 0.1) is 13.8 Å². The van der Waals surface area contributed by atoms with Gasteiger partial charge in [-0.3, -0.25) is 9.59 Å². The first-order valence-corrected chi connectivity index (χ1v) is 8.80. The number of thiazole rings is 1. The molecule has 0 unspecified atom stereocenters. The SMILES string of the molecule is Cc1nc(CC(=O)N2CCCN(C(=O)c3ncoc3C)CC2)cs1. The van der Waals surface area contributed by atoms with Gasteiger partial charge < -0.3 is 14.2 Å². The fourth-order valence-electron chi connectivity index (χ4n) is 2.79. The van der Waals surface area contributed by atoms with Crippen LogP contribution in [0.5, 0.6) is 0 Å². The molecule has 3 heterocycles. The minimum atomic E-state index is -0.134. The van der Waals surface area contributed by atoms with Gasteiger partial charge in [0.15, 0.2) is 12.1 Å². The molecule has 0 spiro atoms. The van der Waals surface area contributed by atoms with E-state index in [4.69, 9.17) is 4.42 Å². The van der Waals surface area contributed by atoms with Gasteiger partial charge in [-0.25, -0.2) is 9.97 Å². The molecule has 3 rings (SSSR count). The molecule has 2 aromatic heterocycles. The zero-order valence-electron chi connectivity index (χ0n) is 13.8. The lowest BCUT2D eigenvalue weighted by Gasteiger charge is -2.21. The lowest BCUT2D eigenvalue weighted by molar-refractivity contribution is -0.130. The molecule has 2 amide bonds. The number of oxazole rings is 1. The van der Waals surface area contributed by atoms with Gasteiger partial charge in [-0.2, -0.15) is 0 Å². The summed E-state index contributed by atoms with van der Waals surface area (Å²) < 4.78 is 5.11. The largest absolute Gasteiger partial charge is 0.448 e. The van der Waals surface area contributed by atoms with Crippen LogP contribution >= 0.6 is 11.3 Å². The van der Waals surface area contributed by atoms with Crippen LogP contribution in [0.3, 0.4) is 0 Å². The third kappa shape index (κ3) is 3.64. The molecule has 0 radical (unpaired) electrons. The summed E-state index contributed by atoms with van der Waals surface area (Å²) >= 11 is 1.55. The molecule has 7 nitrogen and oxygen atoms in total. The van der Waals surface area contributed by atoms with Gasteiger partial charge in [0, 0.05) is 31.6 Å². The molecule has 0 N–H and O–H groups in total. The van der Waals surface area contributed by atoms with Gasteiger partial charge in [0.2, 0.25) is 5.91 Å². The van der Waals surface area contributed by atoms with Gasteiger partial charge in [0.25, 0.3) is 5.91 Å². The fraction of sp³-hybridized carbons (Fsp3) is 0.500. The van der Waals surface area contributed by atoms with Crippen molar-refractivity contribution in [3.63, 3.8) is 0 Å². The van der Waals surface area contributed by atoms with Crippen LogP contribution in [0.2, 0.25) is 0 Å². The number of aromatic nitrogens is 2. The number of hydrogen-bond donors (Lipinski definition) is 0. The molecule has 2 aromatic rings. The Labute approximate surface area is 144 Å². The highest BCUT2D eigenvalue weighted by atomic mass is 32.1. The van der Waals surface area contributed by atoms with E-state index in [0.717, 1.165) is 17.1 Å². The molecule has 24 heavy (non-hydrogen) atoms. The van der Waals surface area contributed by atoms with Gasteiger partial charge in [-0.05, 0) is 20.3 Å². The normalized spacial score (nSPS) is 15.4. The quantitative estimate of drug-likeness (QED) is 0.843. The fourth-order valence-corrected chi connectivity index (χ4v) is 3.40. The van der Waals surface area contributed by atoms with Crippen LogP contribution in [0.25, 0.3) is 0 Å². The Balaban J connectivity index is 1.59. The maximum absolute atomic E-state index is 12.5. The highest BCUT2D eigenvalue weighted by Gasteiger charge is 2.25. The Morgan fingerprint density at radius 2 is 1.96 bits per heavy atom. The molecular formula is C16H20N4O3S. The number of rotatable bonds is 3. The van der Waals surface area contributed by atoms with E-state index >= 15 is 0 Å². The van der Waals surface area contributed by atoms with Crippen LogP contribution in [0.15, 0.2) is 16.2 Å². The van der Waals surface area contributed by atoms with Crippen molar-refractivity contribution < 1.29 is 14.0 Å². The first kappa shape index (κ1) is 16.6. The number of amides is 2. The van der Waals surface area contributed by atoms with Crippen LogP contribution in [0.4, 0.5) is 0 Å². The summed E-state index contributed by atoms with van der Waals surface area (Å²) in [5, 5.41) is 2.89. The topological polar surface area (TPSA) is 79.5 Å². The van der Waals surface area contributed by atoms with Crippen LogP contribution in [-0.4, -0.2) is 57.8 Å². The molecule has 0 bridgehead atoms. The second-order valence-corrected chi connectivity index (χ2v) is 6.88. The van der Waals surface area contributed by atoms with Gasteiger partial charge >= 0.3 is 0 Å². The number of nitrogens with zero attached hydrogens (tertiary/aromatic N) is 4. The van der Waals surface area contributed by atoms with Gasteiger partial charge in [0.05, 0.1) is 17.1 Å². The predicted molar refractivity (Wildman–Crippen MR) is 88.9 cm³/mol. The maximum Gasteiger partial charge on any atom is 0.276 e. The number of aryl methyl sites for hydroxylation is 2. The number of hydrogen-bond acceptors (Lipinski definition) is 6. The van der Waals surface area contributed by atoms with Crippen molar-refractivity contribution in [1.29, 1.82) is 0 Å². The highest BCUT2D eigenvalue weighted by Crippen LogP contribution is 2.13. The van der Waals surface area contributed by atoms with Crippen LogP contribution in [-0.2, 0) is 11.2 Å². The van der Waals surface area contributed by atoms with Gasteiger partial charge in [-0.15, -0.1) is 11.3 Å². The van der Waals surface area contributed by atoms with E-state index in [-0.39, 0.29) is 11.8 Å². The van der Waals surface area contributed by atoms with E-state index < -0.39 is 0 Å². The number of carbonyl (C=O) groups excluding carboxylic acids is 2. The Morgan fingerprint density at radius 1 is 1.21 bits per heavy atom. The lowest BCUT2D eigenvalue weighted by atomic mass is 10.3. The second kappa shape index (κ2) is 7.12. The summed E-state index contributed by atoms with van der Waals surface area (Å²) in [6.45, 7) is 5.97. The van der Waals surface area contributed by atoms with Crippen molar-refractivity contribution in [3.8, 4) is 0 Å². The van der Waals surface area contributed by atoms with Crippen molar-refractivity contribution in [2.75, 3.05) is 26.2 Å². The Morgan fingerprint density at radius 3 is 2.62 bits per heavy atom. The van der Waals surface area contributed by atoms with Gasteiger partial charge in [-0.1, -0.05) is 0 Å². The predicted octanol–water partition coefficient (Wildman–Crippen LogP) is 1.67. The zero-order valence-corrected chi connectivity index (χ0v) is 14.6. The van der Waals surface area contributed by atoms with E-state index in [1.165, 1.54) is 6.39 Å². The first-order chi connectivity index (χ1) is 11.5. The van der Waals surface area contributed by atoms with Crippen molar-refractivity contribution in [2.24, 2.45) is 0 Å². The molecule has 8 heteroatoms. The van der Waals surface area contributed by atoms with Crippen molar-refractivity contribution in [2.45, 2.75) is 26.7 Å². The minimum Gasteiger partial charge on any atom is -0.448 e. The first-order valence-electron chi connectivity index (χ1n) is 7.92. The summed E-state index contributed by atoms with van der Waals surface area (Å²) in [6.07, 6.45) is 2.36. The number of carbonyl (C=O) groups is 2. The summed E-state index contributed by atoms with van der Waals surface area (Å²) in [5.41, 5.74) is 1.17. The van der Waals surface area contributed by atoms with E-state index in [9.17, 15) is 9.59 Å². The summed E-state index contributed by atoms with van der Waals surface area (Å²) in [7, 11) is 0. The van der Waals surface area contributed by atoms with E-state index in [1.54, 1.807) is 23.2 Å². The lowest BCUT2D eigenvalue weighted by Crippen LogP contribution is -2.38. The molecular weight excluding hydrogens is 328 g/mol. The van der Waals surface area contributed by atoms with E-state index in [1.807, 2.05) is 17.2 Å². The summed E-state index contributed by atoms with van der Waals surface area (Å²) in [5.74, 6) is 0.453. The molecule has 1 fully saturated rings. The van der Waals surface area contributed by atoms with Crippen molar-refractivity contribution in [3.05, 3.63) is 33.9 Å². The van der Waals surface area contributed by atoms with Crippen LogP contribution in [0.1, 0.15) is 33.4 Å². The monoisotopic (exact) mass is 348 g/mol. The molecule has 0 saturated carbocycles. The van der Waals surface area contributed by atoms with Crippen molar-refractivity contribution in [1.82, 2.24) is 19.8 Å². The average Bonchev–Trinajstić information content (AvgIpc) is 3.07. The molecule has 1 aliphatic heterocycles. The molecule has 0 aliphatic carbocycles. The third-order valence-corrected chi connectivity index (χ3v) is 4.90. The van der Waals surface area contributed by atoms with Crippen LogP contribution < -0.4 is 0 Å². The third-order valence-electron chi connectivity index (χ3n) is 4.08. The molecule has 1 aliphatic rings. The Hall–Kier alpha value is -2.22. The highest BCUT2D eigenvalue weighted by molar-refractivity contribution is 7.09. The van der Waals surface area contributed by atoms with E-state index in [0.29, 0.717) is 44.1 Å². The Kier molecular flexibility index (Phi) is 4.94. The smallest absolute Gasteiger partial charge is 0.276 e. The molecule has 128 valence electrons. The maximum atomic E-state index is 12.5. The zero-order chi connectivity index (χ0) is 17.1. The molecule has 0 atom stereocenters. The Bertz CT molecular complexity index is 739.